The van der Waals surface area contributed by atoms with Gasteiger partial charge in [0.25, 0.3) is 0 Å². The summed E-state index contributed by atoms with van der Waals surface area (Å²) in [6.45, 7) is 3.93. The molecule has 26 heavy (non-hydrogen) atoms. The highest BCUT2D eigenvalue weighted by Crippen LogP contribution is 2.33. The van der Waals surface area contributed by atoms with Gasteiger partial charge in [-0.3, -0.25) is 0 Å². The Kier molecular flexibility index (Phi) is 5.07. The molecule has 1 heterocycles. The molecular weight excluding hydrogens is 339 g/mol. The van der Waals surface area contributed by atoms with E-state index in [2.05, 4.69) is 11.6 Å². The topological polar surface area (TPSA) is 22.1 Å². The van der Waals surface area contributed by atoms with Crippen molar-refractivity contribution in [2.75, 3.05) is 0 Å². The van der Waals surface area contributed by atoms with Gasteiger partial charge in [0.2, 0.25) is 5.88 Å². The van der Waals surface area contributed by atoms with E-state index in [0.29, 0.717) is 29.2 Å². The molecular formula is C21H16F3NO. The first-order chi connectivity index (χ1) is 12.5. The zero-order valence-electron chi connectivity index (χ0n) is 13.8. The maximum absolute atomic E-state index is 13.1. The van der Waals surface area contributed by atoms with Crippen molar-refractivity contribution in [3.05, 3.63) is 90.1 Å². The van der Waals surface area contributed by atoms with Crippen LogP contribution in [0.15, 0.2) is 73.4 Å². The number of halogens is 3. The van der Waals surface area contributed by atoms with Crippen LogP contribution in [0.5, 0.6) is 5.88 Å². The molecule has 0 unspecified atom stereocenters. The van der Waals surface area contributed by atoms with E-state index in [1.54, 1.807) is 18.2 Å². The van der Waals surface area contributed by atoms with Crippen LogP contribution in [-0.2, 0) is 12.8 Å². The molecule has 1 aromatic heterocycles. The van der Waals surface area contributed by atoms with Gasteiger partial charge in [0.15, 0.2) is 0 Å². The van der Waals surface area contributed by atoms with Crippen LogP contribution >= 0.6 is 0 Å². The second kappa shape index (κ2) is 7.44. The first-order valence-electron chi connectivity index (χ1n) is 7.93. The molecule has 2 aromatic carbocycles. The number of ether oxygens (including phenoxy) is 1. The fourth-order valence-corrected chi connectivity index (χ4v) is 2.47. The summed E-state index contributed by atoms with van der Waals surface area (Å²) in [4.78, 5) is 4.19. The monoisotopic (exact) mass is 355 g/mol. The first kappa shape index (κ1) is 17.7. The van der Waals surface area contributed by atoms with Gasteiger partial charge in [0.05, 0.1) is 5.56 Å². The summed E-state index contributed by atoms with van der Waals surface area (Å²) in [7, 11) is 0. The van der Waals surface area contributed by atoms with Crippen LogP contribution in [0.1, 0.15) is 16.7 Å². The Balaban J connectivity index is 1.81. The van der Waals surface area contributed by atoms with Gasteiger partial charge in [-0.15, -0.1) is 0 Å². The lowest BCUT2D eigenvalue weighted by Gasteiger charge is -2.11. The van der Waals surface area contributed by atoms with Gasteiger partial charge in [-0.1, -0.05) is 43.0 Å². The van der Waals surface area contributed by atoms with Crippen LogP contribution in [0.3, 0.4) is 0 Å². The molecule has 0 aliphatic rings. The lowest BCUT2D eigenvalue weighted by atomic mass is 10.0. The summed E-state index contributed by atoms with van der Waals surface area (Å²) < 4.78 is 44.8. The molecule has 3 aromatic rings. The fourth-order valence-electron chi connectivity index (χ4n) is 2.47. The molecule has 0 aliphatic heterocycles. The minimum atomic E-state index is -4.42. The third kappa shape index (κ3) is 4.30. The van der Waals surface area contributed by atoms with Crippen molar-refractivity contribution in [3.8, 4) is 17.0 Å². The van der Waals surface area contributed by atoms with Crippen molar-refractivity contribution in [2.45, 2.75) is 12.8 Å². The molecule has 0 aliphatic carbocycles. The lowest BCUT2D eigenvalue weighted by molar-refractivity contribution is -0.137. The number of pyridine rings is 1. The third-order valence-corrected chi connectivity index (χ3v) is 3.82. The quantitative estimate of drug-likeness (QED) is 0.561. The lowest BCUT2D eigenvalue weighted by Crippen LogP contribution is -2.05. The van der Waals surface area contributed by atoms with E-state index in [1.165, 1.54) is 12.3 Å². The zero-order valence-corrected chi connectivity index (χ0v) is 13.8. The first-order valence-corrected chi connectivity index (χ1v) is 7.93. The van der Waals surface area contributed by atoms with Gasteiger partial charge in [0.1, 0.15) is 6.61 Å². The Hall–Kier alpha value is -3.08. The Morgan fingerprint density at radius 3 is 2.35 bits per heavy atom. The number of benzene rings is 2. The standard InChI is InChI=1S/C21H16F3NO/c1-2-15-10-18(12-19(11-15)21(22,23)24)17-8-9-20(25-13-17)26-14-16-6-4-3-5-7-16/h2-13H,1,14H2. The number of aromatic nitrogens is 1. The van der Waals surface area contributed by atoms with E-state index < -0.39 is 11.7 Å². The molecule has 0 spiro atoms. The van der Waals surface area contributed by atoms with E-state index >= 15 is 0 Å². The van der Waals surface area contributed by atoms with Gasteiger partial charge in [-0.25, -0.2) is 4.98 Å². The second-order valence-electron chi connectivity index (χ2n) is 5.70. The number of hydrogen-bond acceptors (Lipinski definition) is 2. The summed E-state index contributed by atoms with van der Waals surface area (Å²) in [5.74, 6) is 0.411. The molecule has 0 bridgehead atoms. The molecule has 132 valence electrons. The highest BCUT2D eigenvalue weighted by Gasteiger charge is 2.31. The van der Waals surface area contributed by atoms with Gasteiger partial charge in [-0.2, -0.15) is 13.2 Å². The zero-order chi connectivity index (χ0) is 18.6. The van der Waals surface area contributed by atoms with E-state index in [1.807, 2.05) is 30.3 Å². The maximum atomic E-state index is 13.1. The Bertz CT molecular complexity index is 887. The number of nitrogens with zero attached hydrogens (tertiary/aromatic N) is 1. The van der Waals surface area contributed by atoms with Crippen molar-refractivity contribution >= 4 is 6.08 Å². The summed E-state index contributed by atoms with van der Waals surface area (Å²) in [6, 6.07) is 16.8. The Morgan fingerprint density at radius 2 is 1.73 bits per heavy atom. The molecule has 0 saturated carbocycles. The molecule has 2 nitrogen and oxygen atoms in total. The van der Waals surface area contributed by atoms with Crippen molar-refractivity contribution in [2.24, 2.45) is 0 Å². The summed E-state index contributed by atoms with van der Waals surface area (Å²) in [5.41, 5.74) is 1.70. The van der Waals surface area contributed by atoms with E-state index in [4.69, 9.17) is 4.74 Å². The molecule has 0 saturated heterocycles. The molecule has 3 rings (SSSR count). The van der Waals surface area contributed by atoms with Crippen LogP contribution in [0.4, 0.5) is 13.2 Å². The summed E-state index contributed by atoms with van der Waals surface area (Å²) in [5, 5.41) is 0. The average Bonchev–Trinajstić information content (AvgIpc) is 2.66. The van der Waals surface area contributed by atoms with Crippen molar-refractivity contribution in [3.63, 3.8) is 0 Å². The molecule has 5 heteroatoms. The third-order valence-electron chi connectivity index (χ3n) is 3.82. The minimum absolute atomic E-state index is 0.372. The maximum Gasteiger partial charge on any atom is 0.416 e. The predicted molar refractivity (Wildman–Crippen MR) is 95.5 cm³/mol. The van der Waals surface area contributed by atoms with Crippen LogP contribution < -0.4 is 4.74 Å². The van der Waals surface area contributed by atoms with E-state index in [0.717, 1.165) is 17.7 Å². The van der Waals surface area contributed by atoms with Gasteiger partial charge in [-0.05, 0) is 41.0 Å². The van der Waals surface area contributed by atoms with E-state index in [9.17, 15) is 13.2 Å². The van der Waals surface area contributed by atoms with Crippen LogP contribution in [0.25, 0.3) is 17.2 Å². The molecule has 0 N–H and O–H groups in total. The van der Waals surface area contributed by atoms with Gasteiger partial charge < -0.3 is 4.74 Å². The summed E-state index contributed by atoms with van der Waals surface area (Å²) in [6.07, 6.45) is -1.52. The van der Waals surface area contributed by atoms with Gasteiger partial charge in [0, 0.05) is 17.8 Å². The molecule has 0 amide bonds. The molecule has 0 atom stereocenters. The number of alkyl halides is 3. The minimum Gasteiger partial charge on any atom is -0.473 e. The van der Waals surface area contributed by atoms with E-state index in [-0.39, 0.29) is 0 Å². The van der Waals surface area contributed by atoms with Gasteiger partial charge >= 0.3 is 6.18 Å². The molecule has 0 radical (unpaired) electrons. The fraction of sp³-hybridized carbons (Fsp3) is 0.0952. The summed E-state index contributed by atoms with van der Waals surface area (Å²) >= 11 is 0. The highest BCUT2D eigenvalue weighted by molar-refractivity contribution is 5.68. The Morgan fingerprint density at radius 1 is 0.962 bits per heavy atom. The van der Waals surface area contributed by atoms with Crippen molar-refractivity contribution < 1.29 is 17.9 Å². The Labute approximate surface area is 149 Å². The van der Waals surface area contributed by atoms with Crippen molar-refractivity contribution in [1.29, 1.82) is 0 Å². The van der Waals surface area contributed by atoms with Crippen LogP contribution in [-0.4, -0.2) is 4.98 Å². The number of rotatable bonds is 5. The van der Waals surface area contributed by atoms with Crippen LogP contribution in [0, 0.1) is 0 Å². The highest BCUT2D eigenvalue weighted by atomic mass is 19.4. The predicted octanol–water partition coefficient (Wildman–Crippen LogP) is 5.99. The van der Waals surface area contributed by atoms with Crippen LogP contribution in [0.2, 0.25) is 0 Å². The average molecular weight is 355 g/mol. The van der Waals surface area contributed by atoms with Crippen molar-refractivity contribution in [1.82, 2.24) is 4.98 Å². The largest absolute Gasteiger partial charge is 0.473 e. The molecule has 0 fully saturated rings. The number of hydrogen-bond donors (Lipinski definition) is 0. The SMILES string of the molecule is C=Cc1cc(-c2ccc(OCc3ccccc3)nc2)cc(C(F)(F)F)c1. The normalized spacial score (nSPS) is 11.2. The smallest absolute Gasteiger partial charge is 0.416 e. The second-order valence-corrected chi connectivity index (χ2v) is 5.70.